The number of hydrogen-bond donors (Lipinski definition) is 1. The van der Waals surface area contributed by atoms with Crippen LogP contribution in [0.2, 0.25) is 0 Å². The average molecular weight is 213 g/mol. The second-order valence-electron chi connectivity index (χ2n) is 2.06. The van der Waals surface area contributed by atoms with Crippen LogP contribution in [0.1, 0.15) is 5.56 Å². The van der Waals surface area contributed by atoms with Gasteiger partial charge in [0.1, 0.15) is 0 Å². The number of nitrogens with one attached hydrogen (secondary N) is 1. The quantitative estimate of drug-likeness (QED) is 0.581. The summed E-state index contributed by atoms with van der Waals surface area (Å²) in [6.07, 6.45) is 0. The van der Waals surface area contributed by atoms with Crippen LogP contribution in [0.25, 0.3) is 0 Å². The molecule has 1 N–H and O–H groups in total. The van der Waals surface area contributed by atoms with Gasteiger partial charge in [-0.1, -0.05) is 0 Å². The summed E-state index contributed by atoms with van der Waals surface area (Å²) in [4.78, 5) is 0. The van der Waals surface area contributed by atoms with E-state index in [1.807, 2.05) is 24.3 Å². The van der Waals surface area contributed by atoms with Crippen LogP contribution in [-0.2, 0) is 0 Å². The minimum absolute atomic E-state index is 0.452. The first-order valence-electron chi connectivity index (χ1n) is 3.14. The van der Waals surface area contributed by atoms with E-state index in [0.717, 1.165) is 11.3 Å². The molecule has 0 saturated carbocycles. The van der Waals surface area contributed by atoms with Crippen molar-refractivity contribution in [1.82, 2.24) is 0 Å². The van der Waals surface area contributed by atoms with Gasteiger partial charge in [-0.15, -0.1) is 0 Å². The van der Waals surface area contributed by atoms with Gasteiger partial charge >= 0.3 is 73.5 Å². The number of methoxy groups -OCH3 is 1. The summed E-state index contributed by atoms with van der Waals surface area (Å²) in [5.74, 6) is 0.815. The maximum atomic E-state index is 7.27. The molecule has 3 heteroatoms. The molecule has 1 radical (unpaired) electrons. The predicted molar refractivity (Wildman–Crippen MR) is 45.6 cm³/mol. The molecule has 0 aromatic heterocycles. The van der Waals surface area contributed by atoms with Gasteiger partial charge in [0.2, 0.25) is 0 Å². The van der Waals surface area contributed by atoms with Crippen molar-refractivity contribution in [2.24, 2.45) is 0 Å². The third kappa shape index (κ3) is 2.07. The summed E-state index contributed by atoms with van der Waals surface area (Å²) in [6.45, 7) is 0. The van der Waals surface area contributed by atoms with Gasteiger partial charge in [0, 0.05) is 0 Å². The number of hydrogen-bond acceptors (Lipinski definition) is 2. The molecule has 1 aromatic rings. The third-order valence-corrected chi connectivity index (χ3v) is 1.85. The Balaban J connectivity index is 2.91. The zero-order chi connectivity index (χ0) is 8.27. The van der Waals surface area contributed by atoms with E-state index in [0.29, 0.717) is 4.61 Å². The second-order valence-corrected chi connectivity index (χ2v) is 2.91. The SMILES string of the molecule is COc1ccc(C(=N)[Se])cc1. The van der Waals surface area contributed by atoms with Crippen molar-refractivity contribution in [3.8, 4) is 5.75 Å². The van der Waals surface area contributed by atoms with Gasteiger partial charge in [-0.25, -0.2) is 0 Å². The monoisotopic (exact) mass is 214 g/mol. The second kappa shape index (κ2) is 3.56. The maximum absolute atomic E-state index is 7.27. The molecule has 0 aliphatic heterocycles. The Hall–Kier alpha value is -0.791. The van der Waals surface area contributed by atoms with Crippen LogP contribution in [0, 0.1) is 5.41 Å². The first kappa shape index (κ1) is 8.31. The molecule has 0 atom stereocenters. The van der Waals surface area contributed by atoms with E-state index in [1.54, 1.807) is 7.11 Å². The zero-order valence-corrected chi connectivity index (χ0v) is 7.84. The van der Waals surface area contributed by atoms with Crippen LogP contribution in [0.3, 0.4) is 0 Å². The molecule has 1 aromatic carbocycles. The van der Waals surface area contributed by atoms with Crippen LogP contribution in [0.5, 0.6) is 5.75 Å². The van der Waals surface area contributed by atoms with E-state index in [-0.39, 0.29) is 0 Å². The summed E-state index contributed by atoms with van der Waals surface area (Å²) in [5, 5.41) is 7.27. The molecule has 57 valence electrons. The summed E-state index contributed by atoms with van der Waals surface area (Å²) >= 11 is 2.64. The van der Waals surface area contributed by atoms with Gasteiger partial charge in [-0.2, -0.15) is 0 Å². The summed E-state index contributed by atoms with van der Waals surface area (Å²) in [7, 11) is 1.62. The van der Waals surface area contributed by atoms with E-state index >= 15 is 0 Å². The molecule has 0 aliphatic carbocycles. The fourth-order valence-corrected chi connectivity index (χ4v) is 1.03. The van der Waals surface area contributed by atoms with Gasteiger partial charge in [0.25, 0.3) is 0 Å². The molecule has 0 spiro atoms. The molecule has 2 nitrogen and oxygen atoms in total. The third-order valence-electron chi connectivity index (χ3n) is 1.35. The molecule has 0 fully saturated rings. The summed E-state index contributed by atoms with van der Waals surface area (Å²) in [6, 6.07) is 7.36. The molecule has 11 heavy (non-hydrogen) atoms. The first-order chi connectivity index (χ1) is 5.24. The van der Waals surface area contributed by atoms with Crippen molar-refractivity contribution in [3.63, 3.8) is 0 Å². The van der Waals surface area contributed by atoms with Crippen molar-refractivity contribution in [2.75, 3.05) is 7.11 Å². The Morgan fingerprint density at radius 3 is 2.27 bits per heavy atom. The Morgan fingerprint density at radius 1 is 1.36 bits per heavy atom. The van der Waals surface area contributed by atoms with Gasteiger partial charge in [-0.3, -0.25) is 0 Å². The van der Waals surface area contributed by atoms with Crippen molar-refractivity contribution < 1.29 is 4.74 Å². The van der Waals surface area contributed by atoms with E-state index in [9.17, 15) is 0 Å². The van der Waals surface area contributed by atoms with E-state index in [4.69, 9.17) is 10.1 Å². The van der Waals surface area contributed by atoms with Crippen LogP contribution in [0.15, 0.2) is 24.3 Å². The molecular formula is C8H8NOSe. The Labute approximate surface area is 73.9 Å². The number of benzene rings is 1. The predicted octanol–water partition coefficient (Wildman–Crippen LogP) is 1.19. The standard InChI is InChI=1S/C8H8NOSe/c1-10-7-4-2-6(3-5-7)8(9)11/h2-5,9H,1H3. The van der Waals surface area contributed by atoms with E-state index in [1.165, 1.54) is 0 Å². The van der Waals surface area contributed by atoms with Crippen LogP contribution >= 0.6 is 0 Å². The van der Waals surface area contributed by atoms with Gasteiger partial charge in [-0.05, 0) is 0 Å². The van der Waals surface area contributed by atoms with Gasteiger partial charge < -0.3 is 0 Å². The molecule has 1 rings (SSSR count). The first-order valence-corrected chi connectivity index (χ1v) is 3.99. The van der Waals surface area contributed by atoms with Crippen LogP contribution in [-0.4, -0.2) is 27.7 Å². The van der Waals surface area contributed by atoms with E-state index in [2.05, 4.69) is 16.0 Å². The fourth-order valence-electron chi connectivity index (χ4n) is 0.742. The normalized spacial score (nSPS) is 9.18. The van der Waals surface area contributed by atoms with Crippen LogP contribution < -0.4 is 4.74 Å². The molecular weight excluding hydrogens is 205 g/mol. The zero-order valence-electron chi connectivity index (χ0n) is 6.13. The van der Waals surface area contributed by atoms with Crippen molar-refractivity contribution in [1.29, 1.82) is 5.41 Å². The molecule has 0 heterocycles. The molecule has 0 aliphatic rings. The van der Waals surface area contributed by atoms with Crippen molar-refractivity contribution >= 4 is 20.6 Å². The molecule has 0 saturated heterocycles. The van der Waals surface area contributed by atoms with Crippen LogP contribution in [0.4, 0.5) is 0 Å². The Morgan fingerprint density at radius 2 is 1.91 bits per heavy atom. The van der Waals surface area contributed by atoms with Crippen molar-refractivity contribution in [3.05, 3.63) is 29.8 Å². The molecule has 0 bridgehead atoms. The fraction of sp³-hybridized carbons (Fsp3) is 0.125. The Bertz CT molecular complexity index is 255. The molecule has 0 unspecified atom stereocenters. The summed E-state index contributed by atoms with van der Waals surface area (Å²) in [5.41, 5.74) is 0.880. The van der Waals surface area contributed by atoms with Gasteiger partial charge in [0.05, 0.1) is 0 Å². The van der Waals surface area contributed by atoms with E-state index < -0.39 is 0 Å². The van der Waals surface area contributed by atoms with Crippen molar-refractivity contribution in [2.45, 2.75) is 0 Å². The average Bonchev–Trinajstić information content (AvgIpc) is 2.05. The van der Waals surface area contributed by atoms with Gasteiger partial charge in [0.15, 0.2) is 0 Å². The number of rotatable bonds is 2. The Kier molecular flexibility index (Phi) is 2.69. The topological polar surface area (TPSA) is 33.1 Å². The molecule has 0 amide bonds. The minimum atomic E-state index is 0.452. The summed E-state index contributed by atoms with van der Waals surface area (Å²) < 4.78 is 5.42. The number of ether oxygens (including phenoxy) is 1.